The minimum atomic E-state index is -0.490. The normalized spacial score (nSPS) is 10.2. The lowest BCUT2D eigenvalue weighted by Gasteiger charge is -2.06. The molecule has 0 spiro atoms. The van der Waals surface area contributed by atoms with Crippen LogP contribution in [0.2, 0.25) is 0 Å². The molecule has 0 radical (unpaired) electrons. The van der Waals surface area contributed by atoms with Crippen molar-refractivity contribution in [2.45, 2.75) is 27.2 Å². The maximum Gasteiger partial charge on any atom is 0.358 e. The Bertz CT molecular complexity index is 1310. The quantitative estimate of drug-likeness (QED) is 0.235. The first kappa shape index (κ1) is 25.1. The Balaban J connectivity index is 0.000000225. The molecule has 178 valence electrons. The van der Waals surface area contributed by atoms with Crippen LogP contribution in [-0.4, -0.2) is 49.4 Å². The molecule has 9 heteroatoms. The van der Waals surface area contributed by atoms with Crippen LogP contribution in [0.3, 0.4) is 0 Å². The van der Waals surface area contributed by atoms with Crippen molar-refractivity contribution in [3.8, 4) is 17.1 Å². The van der Waals surface area contributed by atoms with Gasteiger partial charge in [-0.3, -0.25) is 24.5 Å². The zero-order chi connectivity index (χ0) is 25.4. The van der Waals surface area contributed by atoms with Gasteiger partial charge in [0.05, 0.1) is 36.8 Å². The summed E-state index contributed by atoms with van der Waals surface area (Å²) in [5, 5.41) is 4.31. The van der Waals surface area contributed by atoms with E-state index in [1.165, 1.54) is 14.0 Å². The van der Waals surface area contributed by atoms with E-state index in [-0.39, 0.29) is 23.7 Å². The number of ketones is 2. The molecule has 4 aromatic heterocycles. The van der Waals surface area contributed by atoms with Crippen LogP contribution in [-0.2, 0) is 9.53 Å². The predicted molar refractivity (Wildman–Crippen MR) is 129 cm³/mol. The summed E-state index contributed by atoms with van der Waals surface area (Å²) in [7, 11) is 1.33. The molecule has 0 aliphatic carbocycles. The molecule has 0 amide bonds. The molecule has 0 saturated carbocycles. The van der Waals surface area contributed by atoms with Crippen LogP contribution >= 0.6 is 0 Å². The second-order valence-electron chi connectivity index (χ2n) is 7.77. The van der Waals surface area contributed by atoms with Crippen LogP contribution in [0.1, 0.15) is 45.4 Å². The third kappa shape index (κ3) is 6.73. The number of hydrogen-bond acceptors (Lipinski definition) is 8. The number of carbonyl (C=O) groups is 3. The van der Waals surface area contributed by atoms with Crippen molar-refractivity contribution in [1.29, 1.82) is 0 Å². The van der Waals surface area contributed by atoms with Gasteiger partial charge >= 0.3 is 5.97 Å². The summed E-state index contributed by atoms with van der Waals surface area (Å²) < 4.78 is 6.38. The molecule has 0 fully saturated rings. The molecule has 0 N–H and O–H groups in total. The highest BCUT2D eigenvalue weighted by Gasteiger charge is 2.17. The molecule has 0 atom stereocenters. The highest BCUT2D eigenvalue weighted by Crippen LogP contribution is 2.22. The van der Waals surface area contributed by atoms with Gasteiger partial charge in [-0.1, -0.05) is 12.1 Å². The smallest absolute Gasteiger partial charge is 0.358 e. The van der Waals surface area contributed by atoms with Gasteiger partial charge in [0.2, 0.25) is 0 Å². The summed E-state index contributed by atoms with van der Waals surface area (Å²) >= 11 is 0. The van der Waals surface area contributed by atoms with E-state index >= 15 is 0 Å². The number of Topliss-reactive ketones (excluding diaryl/α,β-unsaturated/α-hetero) is 2. The van der Waals surface area contributed by atoms with Gasteiger partial charge in [0, 0.05) is 24.7 Å². The van der Waals surface area contributed by atoms with Gasteiger partial charge in [-0.2, -0.15) is 5.10 Å². The number of ether oxygens (including phenoxy) is 1. The van der Waals surface area contributed by atoms with E-state index < -0.39 is 5.97 Å². The summed E-state index contributed by atoms with van der Waals surface area (Å²) in [6, 6.07) is 12.6. The second kappa shape index (κ2) is 11.6. The molecular formula is C26H25N5O4. The first-order chi connectivity index (χ1) is 16.8. The van der Waals surface area contributed by atoms with E-state index in [1.807, 2.05) is 32.0 Å². The molecule has 9 nitrogen and oxygen atoms in total. The van der Waals surface area contributed by atoms with Crippen molar-refractivity contribution in [1.82, 2.24) is 24.7 Å². The average molecular weight is 472 g/mol. The van der Waals surface area contributed by atoms with E-state index in [0.717, 1.165) is 22.5 Å². The number of aryl methyl sites for hydroxylation is 2. The molecule has 35 heavy (non-hydrogen) atoms. The maximum atomic E-state index is 11.8. The Hall–Kier alpha value is -4.53. The Morgan fingerprint density at radius 3 is 2.17 bits per heavy atom. The van der Waals surface area contributed by atoms with Crippen molar-refractivity contribution in [2.75, 3.05) is 7.11 Å². The number of methoxy groups -OCH3 is 1. The van der Waals surface area contributed by atoms with E-state index in [9.17, 15) is 14.4 Å². The number of pyridine rings is 3. The van der Waals surface area contributed by atoms with Gasteiger partial charge in [-0.15, -0.1) is 0 Å². The Morgan fingerprint density at radius 2 is 1.63 bits per heavy atom. The minimum absolute atomic E-state index is 0.0595. The Morgan fingerprint density at radius 1 is 0.914 bits per heavy atom. The van der Waals surface area contributed by atoms with Gasteiger partial charge in [-0.05, 0) is 56.2 Å². The number of esters is 1. The zero-order valence-electron chi connectivity index (χ0n) is 19.9. The fourth-order valence-corrected chi connectivity index (χ4v) is 3.01. The molecule has 0 unspecified atom stereocenters. The SMILES string of the molecule is CC(=O)CC(=O)c1ccc(C)cn1.COC(=O)c1cc(-c2ccc(C)cn2)n(-c2cccnc2)n1. The van der Waals surface area contributed by atoms with Crippen molar-refractivity contribution in [2.24, 2.45) is 0 Å². The molecule has 0 aromatic carbocycles. The van der Waals surface area contributed by atoms with Gasteiger partial charge in [-0.25, -0.2) is 9.48 Å². The summed E-state index contributed by atoms with van der Waals surface area (Å²) in [5.74, 6) is -0.837. The first-order valence-corrected chi connectivity index (χ1v) is 10.8. The first-order valence-electron chi connectivity index (χ1n) is 10.8. The number of rotatable bonds is 6. The Kier molecular flexibility index (Phi) is 8.29. The van der Waals surface area contributed by atoms with Gasteiger partial charge < -0.3 is 4.74 Å². The number of aromatic nitrogens is 5. The van der Waals surface area contributed by atoms with E-state index in [0.29, 0.717) is 11.4 Å². The van der Waals surface area contributed by atoms with Crippen molar-refractivity contribution >= 4 is 17.5 Å². The van der Waals surface area contributed by atoms with Gasteiger partial charge in [0.15, 0.2) is 11.5 Å². The minimum Gasteiger partial charge on any atom is -0.464 e. The van der Waals surface area contributed by atoms with Gasteiger partial charge in [0.25, 0.3) is 0 Å². The van der Waals surface area contributed by atoms with Crippen LogP contribution in [0, 0.1) is 13.8 Å². The number of hydrogen-bond donors (Lipinski definition) is 0. The van der Waals surface area contributed by atoms with E-state index in [2.05, 4.69) is 20.1 Å². The fourth-order valence-electron chi connectivity index (χ4n) is 3.01. The highest BCUT2D eigenvalue weighted by molar-refractivity contribution is 6.06. The van der Waals surface area contributed by atoms with E-state index in [4.69, 9.17) is 4.74 Å². The summed E-state index contributed by atoms with van der Waals surface area (Å²) in [5.41, 5.74) is 4.81. The van der Waals surface area contributed by atoms with Crippen LogP contribution in [0.25, 0.3) is 17.1 Å². The summed E-state index contributed by atoms with van der Waals surface area (Å²) in [6.07, 6.45) is 6.68. The van der Waals surface area contributed by atoms with Gasteiger partial charge in [0.1, 0.15) is 11.5 Å². The third-order valence-electron chi connectivity index (χ3n) is 4.77. The monoisotopic (exact) mass is 471 g/mol. The summed E-state index contributed by atoms with van der Waals surface area (Å²) in [4.78, 5) is 46.1. The second-order valence-corrected chi connectivity index (χ2v) is 7.77. The molecule has 0 saturated heterocycles. The van der Waals surface area contributed by atoms with Crippen molar-refractivity contribution in [3.63, 3.8) is 0 Å². The highest BCUT2D eigenvalue weighted by atomic mass is 16.5. The molecular weight excluding hydrogens is 446 g/mol. The molecule has 4 aromatic rings. The Labute approximate surface area is 202 Å². The molecule has 0 bridgehead atoms. The lowest BCUT2D eigenvalue weighted by atomic mass is 10.1. The average Bonchev–Trinajstić information content (AvgIpc) is 3.30. The van der Waals surface area contributed by atoms with Crippen molar-refractivity contribution in [3.05, 3.63) is 89.8 Å². The lowest BCUT2D eigenvalue weighted by Crippen LogP contribution is -2.06. The van der Waals surface area contributed by atoms with Crippen molar-refractivity contribution < 1.29 is 19.1 Å². The van der Waals surface area contributed by atoms with Crippen LogP contribution in [0.15, 0.2) is 67.3 Å². The number of carbonyl (C=O) groups excluding carboxylic acids is 3. The molecule has 0 aliphatic heterocycles. The molecule has 0 aliphatic rings. The predicted octanol–water partition coefficient (Wildman–Crippen LogP) is 3.98. The zero-order valence-corrected chi connectivity index (χ0v) is 19.9. The van der Waals surface area contributed by atoms with E-state index in [1.54, 1.807) is 53.7 Å². The topological polar surface area (TPSA) is 117 Å². The standard InChI is InChI=1S/C16H14N4O2.C10H11NO2/c1-11-5-6-13(18-9-11)15-8-14(16(21)22-2)19-20(15)12-4-3-7-17-10-12;1-7-3-4-9(11-6-7)10(13)5-8(2)12/h3-10H,1-2H3;3-4,6H,5H2,1-2H3. The lowest BCUT2D eigenvalue weighted by molar-refractivity contribution is -0.116. The van der Waals surface area contributed by atoms with Crippen LogP contribution in [0.4, 0.5) is 0 Å². The number of nitrogens with zero attached hydrogens (tertiary/aromatic N) is 5. The maximum absolute atomic E-state index is 11.8. The molecule has 4 heterocycles. The summed E-state index contributed by atoms with van der Waals surface area (Å²) in [6.45, 7) is 5.26. The molecule has 4 rings (SSSR count). The largest absolute Gasteiger partial charge is 0.464 e. The van der Waals surface area contributed by atoms with Crippen LogP contribution < -0.4 is 0 Å². The van der Waals surface area contributed by atoms with Crippen LogP contribution in [0.5, 0.6) is 0 Å². The fraction of sp³-hybridized carbons (Fsp3) is 0.192. The third-order valence-corrected chi connectivity index (χ3v) is 4.77.